The van der Waals surface area contributed by atoms with E-state index < -0.39 is 0 Å². The van der Waals surface area contributed by atoms with Gasteiger partial charge in [-0.25, -0.2) is 0 Å². The lowest BCUT2D eigenvalue weighted by molar-refractivity contribution is -0.133. The molecule has 5 nitrogen and oxygen atoms in total. The molecule has 0 bridgehead atoms. The van der Waals surface area contributed by atoms with Crippen LogP contribution in [0.5, 0.6) is 0 Å². The molecule has 0 spiro atoms. The van der Waals surface area contributed by atoms with Crippen LogP contribution in [0.3, 0.4) is 0 Å². The Labute approximate surface area is 213 Å². The summed E-state index contributed by atoms with van der Waals surface area (Å²) in [7, 11) is 0. The summed E-state index contributed by atoms with van der Waals surface area (Å²) in [4.78, 5) is 32.9. The van der Waals surface area contributed by atoms with Gasteiger partial charge in [0.1, 0.15) is 6.54 Å². The van der Waals surface area contributed by atoms with E-state index in [0.717, 1.165) is 16.9 Å². The van der Waals surface area contributed by atoms with Gasteiger partial charge in [0, 0.05) is 41.6 Å². The zero-order valence-corrected chi connectivity index (χ0v) is 21.9. The van der Waals surface area contributed by atoms with E-state index in [9.17, 15) is 9.59 Å². The first-order chi connectivity index (χ1) is 17.0. The molecule has 186 valence electrons. The van der Waals surface area contributed by atoms with Gasteiger partial charge in [-0.15, -0.1) is 11.3 Å². The highest BCUT2D eigenvalue weighted by atomic mass is 32.1. The summed E-state index contributed by atoms with van der Waals surface area (Å²) in [5, 5.41) is 0. The van der Waals surface area contributed by atoms with Crippen LogP contribution in [0.4, 0.5) is 0 Å². The van der Waals surface area contributed by atoms with Gasteiger partial charge in [0.15, 0.2) is 0 Å². The minimum Gasteiger partial charge on any atom is -0.382 e. The highest BCUT2D eigenvalue weighted by Crippen LogP contribution is 2.19. The van der Waals surface area contributed by atoms with Crippen LogP contribution >= 0.6 is 11.3 Å². The molecule has 6 heteroatoms. The van der Waals surface area contributed by atoms with Gasteiger partial charge in [-0.05, 0) is 62.1 Å². The molecule has 0 saturated heterocycles. The maximum atomic E-state index is 13.6. The standard InChI is InChI=1S/C29H36N2O3S/c1-4-24-13-15-26(16-14-24)29(33)30(18-9-19-34-5-2)22-28(32)31(20-25-10-7-6-8-11-25)21-27-17-12-23(3)35-27/h6-8,10-17H,4-5,9,18-22H2,1-3H3. The molecule has 0 aliphatic rings. The lowest BCUT2D eigenvalue weighted by Gasteiger charge is -2.28. The number of hydrogen-bond donors (Lipinski definition) is 0. The monoisotopic (exact) mass is 492 g/mol. The Bertz CT molecular complexity index is 1060. The zero-order valence-electron chi connectivity index (χ0n) is 21.0. The summed E-state index contributed by atoms with van der Waals surface area (Å²) < 4.78 is 5.48. The van der Waals surface area contributed by atoms with Crippen molar-refractivity contribution in [2.75, 3.05) is 26.3 Å². The number of rotatable bonds is 13. The van der Waals surface area contributed by atoms with Gasteiger partial charge in [0.25, 0.3) is 5.91 Å². The molecule has 0 unspecified atom stereocenters. The Morgan fingerprint density at radius 2 is 1.60 bits per heavy atom. The number of benzene rings is 2. The molecule has 1 aromatic heterocycles. The van der Waals surface area contributed by atoms with E-state index in [-0.39, 0.29) is 18.4 Å². The van der Waals surface area contributed by atoms with Crippen LogP contribution in [0.25, 0.3) is 0 Å². The lowest BCUT2D eigenvalue weighted by Crippen LogP contribution is -2.43. The van der Waals surface area contributed by atoms with Crippen molar-refractivity contribution < 1.29 is 14.3 Å². The van der Waals surface area contributed by atoms with Gasteiger partial charge in [-0.3, -0.25) is 9.59 Å². The molecule has 0 radical (unpaired) electrons. The molecular formula is C29H36N2O3S. The topological polar surface area (TPSA) is 49.9 Å². The molecular weight excluding hydrogens is 456 g/mol. The van der Waals surface area contributed by atoms with Crippen LogP contribution in [0, 0.1) is 6.92 Å². The van der Waals surface area contributed by atoms with Crippen LogP contribution < -0.4 is 0 Å². The zero-order chi connectivity index (χ0) is 25.0. The van der Waals surface area contributed by atoms with Crippen molar-refractivity contribution in [1.29, 1.82) is 0 Å². The van der Waals surface area contributed by atoms with Crippen LogP contribution in [-0.2, 0) is 29.0 Å². The molecule has 0 aliphatic carbocycles. The number of thiophene rings is 1. The predicted molar refractivity (Wildman–Crippen MR) is 143 cm³/mol. The first-order valence-corrected chi connectivity index (χ1v) is 13.1. The highest BCUT2D eigenvalue weighted by Gasteiger charge is 2.23. The fourth-order valence-electron chi connectivity index (χ4n) is 3.88. The first kappa shape index (κ1) is 26.6. The minimum atomic E-state index is -0.121. The Morgan fingerprint density at radius 1 is 0.857 bits per heavy atom. The Balaban J connectivity index is 1.78. The van der Waals surface area contributed by atoms with Crippen molar-refractivity contribution in [3.05, 3.63) is 93.2 Å². The van der Waals surface area contributed by atoms with Gasteiger partial charge in [-0.2, -0.15) is 0 Å². The number of ether oxygens (including phenoxy) is 1. The fourth-order valence-corrected chi connectivity index (χ4v) is 4.78. The Hall–Kier alpha value is -2.96. The number of nitrogens with zero attached hydrogens (tertiary/aromatic N) is 2. The molecule has 0 fully saturated rings. The summed E-state index contributed by atoms with van der Waals surface area (Å²) in [6.45, 7) is 8.85. The second-order valence-corrected chi connectivity index (χ2v) is 9.95. The molecule has 3 rings (SSSR count). The summed E-state index contributed by atoms with van der Waals surface area (Å²) in [5.74, 6) is -0.182. The number of carbonyl (C=O) groups is 2. The van der Waals surface area contributed by atoms with E-state index in [1.54, 1.807) is 16.2 Å². The van der Waals surface area contributed by atoms with E-state index in [1.807, 2.05) is 66.4 Å². The Morgan fingerprint density at radius 3 is 2.23 bits per heavy atom. The SMILES string of the molecule is CCOCCCN(CC(=O)N(Cc1ccccc1)Cc1ccc(C)s1)C(=O)c1ccc(CC)cc1. The van der Waals surface area contributed by atoms with Gasteiger partial charge in [-0.1, -0.05) is 49.4 Å². The predicted octanol–water partition coefficient (Wildman–Crippen LogP) is 5.72. The molecule has 2 amide bonds. The third kappa shape index (κ3) is 8.34. The molecule has 0 N–H and O–H groups in total. The number of hydrogen-bond acceptors (Lipinski definition) is 4. The average molecular weight is 493 g/mol. The number of carbonyl (C=O) groups excluding carboxylic acids is 2. The summed E-state index contributed by atoms with van der Waals surface area (Å²) in [6.07, 6.45) is 1.60. The molecule has 3 aromatic rings. The van der Waals surface area contributed by atoms with Crippen molar-refractivity contribution in [2.24, 2.45) is 0 Å². The third-order valence-electron chi connectivity index (χ3n) is 5.85. The van der Waals surface area contributed by atoms with Crippen LogP contribution in [0.2, 0.25) is 0 Å². The van der Waals surface area contributed by atoms with Gasteiger partial charge in [0.05, 0.1) is 6.54 Å². The molecule has 0 aliphatic heterocycles. The molecule has 0 atom stereocenters. The summed E-state index contributed by atoms with van der Waals surface area (Å²) in [5.41, 5.74) is 2.86. The Kier molecular flexibility index (Phi) is 10.5. The van der Waals surface area contributed by atoms with Crippen molar-refractivity contribution >= 4 is 23.2 Å². The highest BCUT2D eigenvalue weighted by molar-refractivity contribution is 7.11. The van der Waals surface area contributed by atoms with E-state index in [2.05, 4.69) is 26.0 Å². The second-order valence-electron chi connectivity index (χ2n) is 8.58. The van der Waals surface area contributed by atoms with Crippen molar-refractivity contribution in [1.82, 2.24) is 9.80 Å². The van der Waals surface area contributed by atoms with Gasteiger partial charge < -0.3 is 14.5 Å². The quantitative estimate of drug-likeness (QED) is 0.287. The first-order valence-electron chi connectivity index (χ1n) is 12.3. The third-order valence-corrected chi connectivity index (χ3v) is 6.84. The van der Waals surface area contributed by atoms with Crippen molar-refractivity contribution in [3.8, 4) is 0 Å². The van der Waals surface area contributed by atoms with Crippen LogP contribution in [0.15, 0.2) is 66.7 Å². The normalized spacial score (nSPS) is 10.8. The van der Waals surface area contributed by atoms with E-state index in [0.29, 0.717) is 44.8 Å². The van der Waals surface area contributed by atoms with Gasteiger partial charge >= 0.3 is 0 Å². The summed E-state index contributed by atoms with van der Waals surface area (Å²) in [6, 6.07) is 21.8. The van der Waals surface area contributed by atoms with Crippen LogP contribution in [-0.4, -0.2) is 47.9 Å². The maximum Gasteiger partial charge on any atom is 0.254 e. The fraction of sp³-hybridized carbons (Fsp3) is 0.379. The number of aryl methyl sites for hydroxylation is 2. The lowest BCUT2D eigenvalue weighted by atomic mass is 10.1. The van der Waals surface area contributed by atoms with E-state index >= 15 is 0 Å². The molecule has 0 saturated carbocycles. The number of amides is 2. The van der Waals surface area contributed by atoms with Gasteiger partial charge in [0.2, 0.25) is 5.91 Å². The van der Waals surface area contributed by atoms with Crippen molar-refractivity contribution in [2.45, 2.75) is 46.7 Å². The smallest absolute Gasteiger partial charge is 0.254 e. The molecule has 2 aromatic carbocycles. The van der Waals surface area contributed by atoms with E-state index in [4.69, 9.17) is 4.74 Å². The average Bonchev–Trinajstić information content (AvgIpc) is 3.30. The summed E-state index contributed by atoms with van der Waals surface area (Å²) >= 11 is 1.70. The van der Waals surface area contributed by atoms with E-state index in [1.165, 1.54) is 10.4 Å². The largest absolute Gasteiger partial charge is 0.382 e. The molecule has 1 heterocycles. The molecule has 35 heavy (non-hydrogen) atoms. The van der Waals surface area contributed by atoms with Crippen molar-refractivity contribution in [3.63, 3.8) is 0 Å². The van der Waals surface area contributed by atoms with Crippen LogP contribution in [0.1, 0.15) is 51.5 Å². The maximum absolute atomic E-state index is 13.6. The second kappa shape index (κ2) is 13.8. The minimum absolute atomic E-state index is 0.0394.